The molecule has 2 atom stereocenters. The van der Waals surface area contributed by atoms with Gasteiger partial charge in [-0.3, -0.25) is 4.79 Å². The normalized spacial score (nSPS) is 27.7. The molecule has 1 aromatic carbocycles. The van der Waals surface area contributed by atoms with E-state index >= 15 is 0 Å². The minimum absolute atomic E-state index is 0.0485. The number of carbonyl (C=O) groups excluding carboxylic acids is 1. The molecule has 25 heavy (non-hydrogen) atoms. The number of nitrogens with one attached hydrogen (secondary N) is 1. The van der Waals surface area contributed by atoms with Gasteiger partial charge in [0.1, 0.15) is 0 Å². The SMILES string of the molecule is C[C@@H]1CN(CCC(=O)NCc2ccccc2Cl)CC[C@@]1(O)C1CCC1. The number of hydrogen-bond acceptors (Lipinski definition) is 3. The third-order valence-electron chi connectivity index (χ3n) is 6.11. The van der Waals surface area contributed by atoms with Gasteiger partial charge in [-0.1, -0.05) is 43.1 Å². The number of carbonyl (C=O) groups is 1. The van der Waals surface area contributed by atoms with Crippen molar-refractivity contribution in [3.05, 3.63) is 34.9 Å². The molecule has 0 spiro atoms. The largest absolute Gasteiger partial charge is 0.389 e. The van der Waals surface area contributed by atoms with Gasteiger partial charge in [-0.2, -0.15) is 0 Å². The molecule has 5 heteroatoms. The van der Waals surface area contributed by atoms with Crippen molar-refractivity contribution in [2.75, 3.05) is 19.6 Å². The van der Waals surface area contributed by atoms with Gasteiger partial charge in [0.05, 0.1) is 5.60 Å². The molecule has 2 aliphatic rings. The second-order valence-electron chi connectivity index (χ2n) is 7.69. The monoisotopic (exact) mass is 364 g/mol. The van der Waals surface area contributed by atoms with Crippen molar-refractivity contribution >= 4 is 17.5 Å². The molecule has 2 N–H and O–H groups in total. The summed E-state index contributed by atoms with van der Waals surface area (Å²) in [7, 11) is 0. The van der Waals surface area contributed by atoms with Gasteiger partial charge in [-0.15, -0.1) is 0 Å². The molecule has 1 saturated carbocycles. The Morgan fingerprint density at radius 2 is 2.16 bits per heavy atom. The molecular formula is C20H29ClN2O2. The maximum Gasteiger partial charge on any atom is 0.221 e. The molecule has 1 aliphatic carbocycles. The molecule has 0 unspecified atom stereocenters. The molecular weight excluding hydrogens is 336 g/mol. The number of benzene rings is 1. The summed E-state index contributed by atoms with van der Waals surface area (Å²) in [5, 5.41) is 14.6. The summed E-state index contributed by atoms with van der Waals surface area (Å²) >= 11 is 6.11. The summed E-state index contributed by atoms with van der Waals surface area (Å²) in [6.45, 7) is 5.14. The van der Waals surface area contributed by atoms with Crippen LogP contribution in [0.4, 0.5) is 0 Å². The van der Waals surface area contributed by atoms with Gasteiger partial charge in [0.15, 0.2) is 0 Å². The summed E-state index contributed by atoms with van der Waals surface area (Å²) in [6.07, 6.45) is 4.92. The number of likely N-dealkylation sites (tertiary alicyclic amines) is 1. The van der Waals surface area contributed by atoms with Crippen molar-refractivity contribution in [3.63, 3.8) is 0 Å². The predicted octanol–water partition coefficient (Wildman–Crippen LogP) is 3.22. The number of nitrogens with zero attached hydrogens (tertiary/aromatic N) is 1. The molecule has 2 fully saturated rings. The fraction of sp³-hybridized carbons (Fsp3) is 0.650. The first-order chi connectivity index (χ1) is 12.0. The first kappa shape index (κ1) is 18.7. The van der Waals surface area contributed by atoms with Crippen LogP contribution in [0.3, 0.4) is 0 Å². The third kappa shape index (κ3) is 4.36. The second kappa shape index (κ2) is 8.07. The van der Waals surface area contributed by atoms with E-state index in [0.717, 1.165) is 31.6 Å². The summed E-state index contributed by atoms with van der Waals surface area (Å²) in [4.78, 5) is 14.4. The number of amides is 1. The van der Waals surface area contributed by atoms with Crippen LogP contribution >= 0.6 is 11.6 Å². The quantitative estimate of drug-likeness (QED) is 0.814. The van der Waals surface area contributed by atoms with E-state index in [2.05, 4.69) is 17.1 Å². The Bertz CT molecular complexity index is 605. The fourth-order valence-electron chi connectivity index (χ4n) is 4.12. The molecule has 1 amide bonds. The summed E-state index contributed by atoms with van der Waals surface area (Å²) in [5.74, 6) is 0.814. The maximum atomic E-state index is 12.1. The van der Waals surface area contributed by atoms with E-state index in [0.29, 0.717) is 23.9 Å². The summed E-state index contributed by atoms with van der Waals surface area (Å²) in [5.41, 5.74) is 0.454. The van der Waals surface area contributed by atoms with Gasteiger partial charge >= 0.3 is 0 Å². The highest BCUT2D eigenvalue weighted by molar-refractivity contribution is 6.31. The molecule has 1 heterocycles. The molecule has 4 nitrogen and oxygen atoms in total. The van der Waals surface area contributed by atoms with Crippen molar-refractivity contribution in [1.29, 1.82) is 0 Å². The topological polar surface area (TPSA) is 52.6 Å². The Morgan fingerprint density at radius 3 is 2.80 bits per heavy atom. The van der Waals surface area contributed by atoms with E-state index in [1.54, 1.807) is 0 Å². The number of halogens is 1. The molecule has 138 valence electrons. The van der Waals surface area contributed by atoms with Gasteiger partial charge < -0.3 is 15.3 Å². The van der Waals surface area contributed by atoms with Crippen LogP contribution in [0, 0.1) is 11.8 Å². The van der Waals surface area contributed by atoms with E-state index < -0.39 is 5.60 Å². The molecule has 1 aliphatic heterocycles. The van der Waals surface area contributed by atoms with Gasteiger partial charge in [-0.05, 0) is 42.7 Å². The lowest BCUT2D eigenvalue weighted by Crippen LogP contribution is -2.56. The highest BCUT2D eigenvalue weighted by Gasteiger charge is 2.46. The van der Waals surface area contributed by atoms with Crippen LogP contribution in [0.1, 0.15) is 44.6 Å². The maximum absolute atomic E-state index is 12.1. The smallest absolute Gasteiger partial charge is 0.221 e. The third-order valence-corrected chi connectivity index (χ3v) is 6.48. The van der Waals surface area contributed by atoms with E-state index in [-0.39, 0.29) is 11.8 Å². The van der Waals surface area contributed by atoms with E-state index in [1.165, 1.54) is 19.3 Å². The van der Waals surface area contributed by atoms with Crippen molar-refractivity contribution in [2.24, 2.45) is 11.8 Å². The molecule has 1 saturated heterocycles. The molecule has 0 bridgehead atoms. The van der Waals surface area contributed by atoms with Crippen LogP contribution in [0.5, 0.6) is 0 Å². The summed E-state index contributed by atoms with van der Waals surface area (Å²) < 4.78 is 0. The van der Waals surface area contributed by atoms with Crippen LogP contribution in [0.25, 0.3) is 0 Å². The zero-order valence-electron chi connectivity index (χ0n) is 15.0. The predicted molar refractivity (Wildman–Crippen MR) is 100 cm³/mol. The van der Waals surface area contributed by atoms with Crippen molar-refractivity contribution in [3.8, 4) is 0 Å². The van der Waals surface area contributed by atoms with Crippen LogP contribution in [-0.2, 0) is 11.3 Å². The highest BCUT2D eigenvalue weighted by atomic mass is 35.5. The lowest BCUT2D eigenvalue weighted by atomic mass is 9.65. The van der Waals surface area contributed by atoms with Gasteiger partial charge in [0, 0.05) is 37.6 Å². The Labute approximate surface area is 155 Å². The zero-order chi connectivity index (χ0) is 17.9. The lowest BCUT2D eigenvalue weighted by Gasteiger charge is -2.50. The Kier molecular flexibility index (Phi) is 6.03. The average Bonchev–Trinajstić information content (AvgIpc) is 2.54. The van der Waals surface area contributed by atoms with E-state index in [4.69, 9.17) is 11.6 Å². The standard InChI is InChI=1S/C20H29ClN2O2/c1-15-14-23(12-10-20(15,25)17-6-4-7-17)11-9-19(24)22-13-16-5-2-3-8-18(16)21/h2-3,5,8,15,17,25H,4,6-7,9-14H2,1H3,(H,22,24)/t15-,20+/m1/s1. The molecule has 1 aromatic rings. The molecule has 3 rings (SSSR count). The number of piperidine rings is 1. The Morgan fingerprint density at radius 1 is 1.40 bits per heavy atom. The number of rotatable bonds is 6. The van der Waals surface area contributed by atoms with Gasteiger partial charge in [0.2, 0.25) is 5.91 Å². The van der Waals surface area contributed by atoms with E-state index in [9.17, 15) is 9.90 Å². The second-order valence-corrected chi connectivity index (χ2v) is 8.10. The van der Waals surface area contributed by atoms with Gasteiger partial charge in [-0.25, -0.2) is 0 Å². The first-order valence-corrected chi connectivity index (χ1v) is 9.81. The van der Waals surface area contributed by atoms with Crippen molar-refractivity contribution in [1.82, 2.24) is 10.2 Å². The Hall–Kier alpha value is -1.10. The van der Waals surface area contributed by atoms with E-state index in [1.807, 2.05) is 24.3 Å². The van der Waals surface area contributed by atoms with Crippen molar-refractivity contribution < 1.29 is 9.90 Å². The number of hydrogen-bond donors (Lipinski definition) is 2. The average molecular weight is 365 g/mol. The minimum atomic E-state index is -0.485. The van der Waals surface area contributed by atoms with Crippen molar-refractivity contribution in [2.45, 2.75) is 51.2 Å². The first-order valence-electron chi connectivity index (χ1n) is 9.44. The summed E-state index contributed by atoms with van der Waals surface area (Å²) in [6, 6.07) is 7.57. The Balaban J connectivity index is 1.40. The number of aliphatic hydroxyl groups is 1. The van der Waals surface area contributed by atoms with Crippen LogP contribution in [-0.4, -0.2) is 41.1 Å². The molecule has 0 radical (unpaired) electrons. The molecule has 0 aromatic heterocycles. The fourth-order valence-corrected chi connectivity index (χ4v) is 4.32. The lowest BCUT2D eigenvalue weighted by molar-refractivity contribution is -0.130. The van der Waals surface area contributed by atoms with Gasteiger partial charge in [0.25, 0.3) is 0 Å². The zero-order valence-corrected chi connectivity index (χ0v) is 15.8. The highest BCUT2D eigenvalue weighted by Crippen LogP contribution is 2.44. The minimum Gasteiger partial charge on any atom is -0.389 e. The van der Waals surface area contributed by atoms with Crippen LogP contribution in [0.2, 0.25) is 5.02 Å². The van der Waals surface area contributed by atoms with Crippen LogP contribution < -0.4 is 5.32 Å². The van der Waals surface area contributed by atoms with Crippen LogP contribution in [0.15, 0.2) is 24.3 Å².